The third kappa shape index (κ3) is 3.78. The fraction of sp³-hybridized carbons (Fsp3) is 0.350. The highest BCUT2D eigenvalue weighted by atomic mass is 16.1. The van der Waals surface area contributed by atoms with Crippen LogP contribution in [0.15, 0.2) is 49.1 Å². The van der Waals surface area contributed by atoms with Gasteiger partial charge in [-0.25, -0.2) is 9.97 Å². The first-order valence-corrected chi connectivity index (χ1v) is 9.34. The van der Waals surface area contributed by atoms with Gasteiger partial charge in [0, 0.05) is 37.6 Å². The maximum Gasteiger partial charge on any atom is 0.221 e. The third-order valence-electron chi connectivity index (χ3n) is 5.17. The van der Waals surface area contributed by atoms with Gasteiger partial charge >= 0.3 is 0 Å². The van der Waals surface area contributed by atoms with Crippen molar-refractivity contribution in [2.24, 2.45) is 11.7 Å². The lowest BCUT2D eigenvalue weighted by Crippen LogP contribution is -2.42. The van der Waals surface area contributed by atoms with Crippen molar-refractivity contribution in [1.82, 2.24) is 24.4 Å². The number of amides is 1. The summed E-state index contributed by atoms with van der Waals surface area (Å²) in [6, 6.07) is 10.1. The van der Waals surface area contributed by atoms with Gasteiger partial charge < -0.3 is 20.2 Å². The molecular weight excluding hydrogens is 340 g/mol. The molecule has 1 aromatic carbocycles. The molecule has 0 saturated carbocycles. The minimum Gasteiger partial charge on any atom is -0.369 e. The van der Waals surface area contributed by atoms with Gasteiger partial charge in [-0.1, -0.05) is 30.3 Å². The monoisotopic (exact) mass is 364 g/mol. The van der Waals surface area contributed by atoms with Gasteiger partial charge in [-0.2, -0.15) is 0 Å². The molecule has 1 amide bonds. The van der Waals surface area contributed by atoms with Gasteiger partial charge in [0.05, 0.1) is 17.9 Å². The number of carbonyl (C=O) groups excluding carboxylic acids is 1. The van der Waals surface area contributed by atoms with Crippen LogP contribution in [0.25, 0.3) is 22.8 Å². The summed E-state index contributed by atoms with van der Waals surface area (Å²) in [4.78, 5) is 26.1. The second kappa shape index (κ2) is 7.75. The van der Waals surface area contributed by atoms with Crippen LogP contribution in [0.5, 0.6) is 0 Å². The smallest absolute Gasteiger partial charge is 0.221 e. The molecular formula is C20H24N6O. The molecule has 0 unspecified atom stereocenters. The number of piperidine rings is 1. The average Bonchev–Trinajstić information content (AvgIpc) is 3.36. The molecule has 140 valence electrons. The Hall–Kier alpha value is -2.93. The zero-order chi connectivity index (χ0) is 18.6. The maximum absolute atomic E-state index is 11.5. The fourth-order valence-corrected chi connectivity index (χ4v) is 3.74. The van der Waals surface area contributed by atoms with E-state index < -0.39 is 0 Å². The van der Waals surface area contributed by atoms with Crippen molar-refractivity contribution in [3.8, 4) is 22.8 Å². The van der Waals surface area contributed by atoms with Crippen LogP contribution < -0.4 is 5.73 Å². The largest absolute Gasteiger partial charge is 0.369 e. The van der Waals surface area contributed by atoms with Crippen LogP contribution in [0.2, 0.25) is 0 Å². The molecule has 0 bridgehead atoms. The van der Waals surface area contributed by atoms with E-state index in [0.29, 0.717) is 0 Å². The Balaban J connectivity index is 1.56. The van der Waals surface area contributed by atoms with Gasteiger partial charge in [0.25, 0.3) is 0 Å². The Morgan fingerprint density at radius 3 is 2.81 bits per heavy atom. The van der Waals surface area contributed by atoms with Crippen LogP contribution in [0.3, 0.4) is 0 Å². The molecule has 0 radical (unpaired) electrons. The lowest BCUT2D eigenvalue weighted by atomic mass is 9.97. The fourth-order valence-electron chi connectivity index (χ4n) is 3.74. The maximum atomic E-state index is 11.5. The predicted molar refractivity (Wildman–Crippen MR) is 104 cm³/mol. The number of rotatable bonds is 6. The van der Waals surface area contributed by atoms with Gasteiger partial charge in [0.1, 0.15) is 5.69 Å². The number of carbonyl (C=O) groups is 1. The number of primary amides is 1. The molecule has 0 aliphatic carbocycles. The Labute approximate surface area is 158 Å². The second-order valence-electron chi connectivity index (χ2n) is 6.98. The normalized spacial score (nSPS) is 17.9. The summed E-state index contributed by atoms with van der Waals surface area (Å²) >= 11 is 0. The van der Waals surface area contributed by atoms with E-state index in [1.54, 1.807) is 6.20 Å². The summed E-state index contributed by atoms with van der Waals surface area (Å²) in [5.74, 6) is 0.580. The van der Waals surface area contributed by atoms with Gasteiger partial charge in [-0.3, -0.25) is 4.79 Å². The van der Waals surface area contributed by atoms with Crippen LogP contribution in [0.1, 0.15) is 12.8 Å². The summed E-state index contributed by atoms with van der Waals surface area (Å²) in [5.41, 5.74) is 8.46. The highest BCUT2D eigenvalue weighted by molar-refractivity contribution is 5.77. The Bertz CT molecular complexity index is 887. The van der Waals surface area contributed by atoms with E-state index in [-0.39, 0.29) is 11.8 Å². The van der Waals surface area contributed by atoms with Gasteiger partial charge in [0.2, 0.25) is 5.91 Å². The summed E-state index contributed by atoms with van der Waals surface area (Å²) in [6.07, 6.45) is 7.35. The Morgan fingerprint density at radius 1 is 1.22 bits per heavy atom. The lowest BCUT2D eigenvalue weighted by molar-refractivity contribution is -0.123. The summed E-state index contributed by atoms with van der Waals surface area (Å²) < 4.78 is 2.13. The van der Waals surface area contributed by atoms with E-state index in [0.717, 1.165) is 61.8 Å². The highest BCUT2D eigenvalue weighted by Crippen LogP contribution is 2.29. The molecule has 1 aliphatic rings. The minimum absolute atomic E-state index is 0.0361. The molecule has 1 atom stereocenters. The standard InChI is InChI=1S/C20H24N6O/c21-19(27)16-7-4-10-25(13-16)11-12-26-14-24-17(15-5-2-1-3-6-15)18(26)20-22-8-9-23-20/h1-3,5-6,8-9,14,16H,4,7,10-13H2,(H2,21,27)(H,22,23)/t16-/m0/s1. The zero-order valence-electron chi connectivity index (χ0n) is 15.2. The summed E-state index contributed by atoms with van der Waals surface area (Å²) in [5, 5.41) is 0. The van der Waals surface area contributed by atoms with Crippen molar-refractivity contribution in [3.05, 3.63) is 49.1 Å². The van der Waals surface area contributed by atoms with Crippen molar-refractivity contribution in [2.75, 3.05) is 19.6 Å². The van der Waals surface area contributed by atoms with Crippen molar-refractivity contribution in [1.29, 1.82) is 0 Å². The van der Waals surface area contributed by atoms with E-state index in [4.69, 9.17) is 5.73 Å². The van der Waals surface area contributed by atoms with Gasteiger partial charge in [-0.05, 0) is 19.4 Å². The van der Waals surface area contributed by atoms with Gasteiger partial charge in [0.15, 0.2) is 5.82 Å². The molecule has 3 aromatic rings. The average molecular weight is 364 g/mol. The number of aromatic amines is 1. The van der Waals surface area contributed by atoms with E-state index in [2.05, 4.69) is 36.6 Å². The van der Waals surface area contributed by atoms with Gasteiger partial charge in [-0.15, -0.1) is 0 Å². The number of H-pyrrole nitrogens is 1. The van der Waals surface area contributed by atoms with E-state index in [9.17, 15) is 4.79 Å². The first kappa shape index (κ1) is 17.5. The van der Waals surface area contributed by atoms with Crippen LogP contribution >= 0.6 is 0 Å². The molecule has 7 heteroatoms. The lowest BCUT2D eigenvalue weighted by Gasteiger charge is -2.31. The molecule has 2 aromatic heterocycles. The number of nitrogens with one attached hydrogen (secondary N) is 1. The van der Waals surface area contributed by atoms with Crippen molar-refractivity contribution < 1.29 is 4.79 Å². The van der Waals surface area contributed by atoms with Crippen LogP contribution in [0, 0.1) is 5.92 Å². The Morgan fingerprint density at radius 2 is 2.07 bits per heavy atom. The summed E-state index contributed by atoms with van der Waals surface area (Å²) in [6.45, 7) is 3.37. The second-order valence-corrected chi connectivity index (χ2v) is 6.98. The molecule has 4 rings (SSSR count). The van der Waals surface area contributed by atoms with Crippen LogP contribution in [-0.2, 0) is 11.3 Å². The number of imidazole rings is 2. The topological polar surface area (TPSA) is 92.8 Å². The molecule has 0 spiro atoms. The minimum atomic E-state index is -0.190. The Kier molecular flexibility index (Phi) is 5.02. The number of hydrogen-bond acceptors (Lipinski definition) is 4. The number of likely N-dealkylation sites (tertiary alicyclic amines) is 1. The van der Waals surface area contributed by atoms with Crippen molar-refractivity contribution in [2.45, 2.75) is 19.4 Å². The first-order chi connectivity index (χ1) is 13.2. The molecule has 27 heavy (non-hydrogen) atoms. The molecule has 3 N–H and O–H groups in total. The number of nitrogens with zero attached hydrogens (tertiary/aromatic N) is 4. The number of benzene rings is 1. The molecule has 3 heterocycles. The molecule has 1 fully saturated rings. The van der Waals surface area contributed by atoms with Crippen LogP contribution in [-0.4, -0.2) is 50.0 Å². The molecule has 1 saturated heterocycles. The van der Waals surface area contributed by atoms with E-state index in [1.807, 2.05) is 30.7 Å². The zero-order valence-corrected chi connectivity index (χ0v) is 15.2. The van der Waals surface area contributed by atoms with E-state index >= 15 is 0 Å². The molecule has 7 nitrogen and oxygen atoms in total. The summed E-state index contributed by atoms with van der Waals surface area (Å²) in [7, 11) is 0. The quantitative estimate of drug-likeness (QED) is 0.701. The SMILES string of the molecule is NC(=O)[C@H]1CCCN(CCn2cnc(-c3ccccc3)c2-c2ncc[nH]2)C1. The number of aromatic nitrogens is 4. The molecule has 1 aliphatic heterocycles. The van der Waals surface area contributed by atoms with Crippen molar-refractivity contribution in [3.63, 3.8) is 0 Å². The third-order valence-corrected chi connectivity index (χ3v) is 5.17. The first-order valence-electron chi connectivity index (χ1n) is 9.34. The number of hydrogen-bond donors (Lipinski definition) is 2. The van der Waals surface area contributed by atoms with Crippen molar-refractivity contribution >= 4 is 5.91 Å². The van der Waals surface area contributed by atoms with Crippen LogP contribution in [0.4, 0.5) is 0 Å². The highest BCUT2D eigenvalue weighted by Gasteiger charge is 2.24. The predicted octanol–water partition coefficient (Wildman–Crippen LogP) is 2.14. The van der Waals surface area contributed by atoms with E-state index in [1.165, 1.54) is 0 Å². The number of nitrogens with two attached hydrogens (primary N) is 1.